The van der Waals surface area contributed by atoms with E-state index in [-0.39, 0.29) is 0 Å². The number of rotatable bonds is 11. The summed E-state index contributed by atoms with van der Waals surface area (Å²) >= 11 is 0. The molecule has 0 atom stereocenters. The molecule has 1 aromatic heterocycles. The number of hydrogen-bond acceptors (Lipinski definition) is 3. The summed E-state index contributed by atoms with van der Waals surface area (Å²) in [4.78, 5) is 0. The number of benzene rings is 1. The first kappa shape index (κ1) is 28.3. The molecule has 32 heavy (non-hydrogen) atoms. The molecule has 0 spiro atoms. The van der Waals surface area contributed by atoms with Crippen LogP contribution in [0, 0.1) is 20.8 Å². The van der Waals surface area contributed by atoms with Crippen LogP contribution in [-0.4, -0.2) is 40.4 Å². The molecular formula is C21H35BF4N2O3Si. The summed E-state index contributed by atoms with van der Waals surface area (Å²) in [5, 5.41) is 0. The number of hydrogen-bond donors (Lipinski definition) is 0. The van der Waals surface area contributed by atoms with E-state index in [1.807, 2.05) is 20.8 Å². The second-order valence-electron chi connectivity index (χ2n) is 7.39. The maximum Gasteiger partial charge on any atom is 0.673 e. The van der Waals surface area contributed by atoms with Gasteiger partial charge in [-0.15, -0.1) is 0 Å². The molecule has 0 saturated carbocycles. The lowest BCUT2D eigenvalue weighted by atomic mass is 10.1. The van der Waals surface area contributed by atoms with Crippen LogP contribution in [0.25, 0.3) is 5.69 Å². The van der Waals surface area contributed by atoms with E-state index in [4.69, 9.17) is 13.3 Å². The Bertz CT molecular complexity index is 788. The molecule has 0 aliphatic carbocycles. The van der Waals surface area contributed by atoms with Crippen LogP contribution in [-0.2, 0) is 19.8 Å². The molecule has 0 saturated heterocycles. The molecule has 0 aliphatic rings. The normalized spacial score (nSPS) is 11.9. The predicted molar refractivity (Wildman–Crippen MR) is 120 cm³/mol. The second-order valence-corrected chi connectivity index (χ2v) is 10.1. The quantitative estimate of drug-likeness (QED) is 0.246. The van der Waals surface area contributed by atoms with Crippen molar-refractivity contribution in [3.05, 3.63) is 47.5 Å². The van der Waals surface area contributed by atoms with Gasteiger partial charge in [0.25, 0.3) is 0 Å². The molecule has 0 bridgehead atoms. The predicted octanol–water partition coefficient (Wildman–Crippen LogP) is 5.43. The Morgan fingerprint density at radius 2 is 1.38 bits per heavy atom. The van der Waals surface area contributed by atoms with Gasteiger partial charge in [0.2, 0.25) is 6.33 Å². The average Bonchev–Trinajstić information content (AvgIpc) is 3.08. The highest BCUT2D eigenvalue weighted by Gasteiger charge is 2.39. The summed E-state index contributed by atoms with van der Waals surface area (Å²) in [5.74, 6) is 0. The number of aryl methyl sites for hydroxylation is 4. The van der Waals surface area contributed by atoms with Gasteiger partial charge in [0.1, 0.15) is 18.1 Å². The standard InChI is InChI=1S/C21H35N2O3Si.BF4/c1-7-24-27(25-8-2,26-9-3)14-10-11-22-12-13-23(17-22)21-19(5)15-18(4)16-20(21)6;2-1(3,4)5/h12-13,15-17H,7-11,14H2,1-6H3;/q+1;-1. The molecule has 11 heteroatoms. The van der Waals surface area contributed by atoms with Crippen LogP contribution in [0.15, 0.2) is 30.9 Å². The summed E-state index contributed by atoms with van der Waals surface area (Å²) in [6.07, 6.45) is 7.38. The van der Waals surface area contributed by atoms with Gasteiger partial charge in [0, 0.05) is 25.9 Å². The summed E-state index contributed by atoms with van der Waals surface area (Å²) in [7, 11) is -8.55. The van der Waals surface area contributed by atoms with Gasteiger partial charge < -0.3 is 30.5 Å². The van der Waals surface area contributed by atoms with Crippen molar-refractivity contribution in [1.29, 1.82) is 0 Å². The number of halogens is 4. The highest BCUT2D eigenvalue weighted by atomic mass is 28.4. The first-order valence-electron chi connectivity index (χ1n) is 10.9. The minimum Gasteiger partial charge on any atom is -0.418 e. The van der Waals surface area contributed by atoms with Crippen molar-refractivity contribution in [2.75, 3.05) is 19.8 Å². The summed E-state index contributed by atoms with van der Waals surface area (Å²) < 4.78 is 61.3. The van der Waals surface area contributed by atoms with E-state index in [9.17, 15) is 17.3 Å². The van der Waals surface area contributed by atoms with Crippen molar-refractivity contribution in [2.45, 2.75) is 60.6 Å². The molecule has 0 unspecified atom stereocenters. The second kappa shape index (κ2) is 13.1. The minimum atomic E-state index is -6.00. The van der Waals surface area contributed by atoms with Crippen LogP contribution in [0.3, 0.4) is 0 Å². The smallest absolute Gasteiger partial charge is 0.418 e. The van der Waals surface area contributed by atoms with Gasteiger partial charge in [0.15, 0.2) is 0 Å². The Balaban J connectivity index is 0.000000920. The topological polar surface area (TPSA) is 36.5 Å². The van der Waals surface area contributed by atoms with E-state index in [0.29, 0.717) is 19.8 Å². The van der Waals surface area contributed by atoms with Crippen molar-refractivity contribution in [3.8, 4) is 5.69 Å². The average molecular weight is 478 g/mol. The molecule has 2 aromatic rings. The van der Waals surface area contributed by atoms with E-state index in [1.54, 1.807) is 0 Å². The number of aromatic nitrogens is 2. The van der Waals surface area contributed by atoms with Gasteiger partial charge in [-0.1, -0.05) is 17.7 Å². The summed E-state index contributed by atoms with van der Waals surface area (Å²) in [6, 6.07) is 5.31. The van der Waals surface area contributed by atoms with E-state index >= 15 is 0 Å². The lowest BCUT2D eigenvalue weighted by Gasteiger charge is -2.28. The molecule has 2 rings (SSSR count). The zero-order chi connectivity index (χ0) is 24.4. The van der Waals surface area contributed by atoms with E-state index < -0.39 is 16.1 Å². The van der Waals surface area contributed by atoms with E-state index in [2.05, 4.69) is 60.8 Å². The van der Waals surface area contributed by atoms with Crippen molar-refractivity contribution in [3.63, 3.8) is 0 Å². The Morgan fingerprint density at radius 3 is 1.81 bits per heavy atom. The lowest BCUT2D eigenvalue weighted by Crippen LogP contribution is -2.46. The molecule has 5 nitrogen and oxygen atoms in total. The Kier molecular flexibility index (Phi) is 11.6. The maximum atomic E-state index is 9.75. The maximum absolute atomic E-state index is 9.75. The molecule has 0 amide bonds. The van der Waals surface area contributed by atoms with Crippen molar-refractivity contribution < 1.29 is 35.1 Å². The fraction of sp³-hybridized carbons (Fsp3) is 0.571. The first-order valence-corrected chi connectivity index (χ1v) is 12.8. The van der Waals surface area contributed by atoms with Gasteiger partial charge >= 0.3 is 16.1 Å². The van der Waals surface area contributed by atoms with Crippen molar-refractivity contribution in [2.24, 2.45) is 0 Å². The fourth-order valence-corrected chi connectivity index (χ4v) is 6.31. The Morgan fingerprint density at radius 1 is 0.906 bits per heavy atom. The third-order valence-corrected chi connectivity index (χ3v) is 7.73. The van der Waals surface area contributed by atoms with Crippen molar-refractivity contribution >= 4 is 16.1 Å². The highest BCUT2D eigenvalue weighted by Crippen LogP contribution is 2.19. The summed E-state index contributed by atoms with van der Waals surface area (Å²) in [6.45, 7) is 15.3. The molecule has 0 N–H and O–H groups in total. The molecular weight excluding hydrogens is 443 g/mol. The molecule has 0 radical (unpaired) electrons. The first-order chi connectivity index (χ1) is 14.9. The van der Waals surface area contributed by atoms with Crippen LogP contribution in [0.4, 0.5) is 17.3 Å². The minimum absolute atomic E-state index is 0.627. The number of nitrogens with zero attached hydrogens (tertiary/aromatic N) is 2. The van der Waals surface area contributed by atoms with E-state index in [1.165, 1.54) is 22.4 Å². The van der Waals surface area contributed by atoms with Gasteiger partial charge in [-0.25, -0.2) is 9.13 Å². The van der Waals surface area contributed by atoms with Crippen LogP contribution in [0.1, 0.15) is 43.9 Å². The number of imidazole rings is 1. The van der Waals surface area contributed by atoms with Gasteiger partial charge in [-0.3, -0.25) is 0 Å². The zero-order valence-electron chi connectivity index (χ0n) is 19.8. The van der Waals surface area contributed by atoms with Crippen molar-refractivity contribution in [1.82, 2.24) is 4.57 Å². The van der Waals surface area contributed by atoms with Crippen LogP contribution in [0.2, 0.25) is 6.04 Å². The fourth-order valence-electron chi connectivity index (χ4n) is 3.72. The molecule has 182 valence electrons. The van der Waals surface area contributed by atoms with Crippen LogP contribution >= 0.6 is 0 Å². The molecule has 0 fully saturated rings. The van der Waals surface area contributed by atoms with E-state index in [0.717, 1.165) is 19.0 Å². The zero-order valence-corrected chi connectivity index (χ0v) is 20.8. The van der Waals surface area contributed by atoms with Crippen LogP contribution in [0.5, 0.6) is 0 Å². The van der Waals surface area contributed by atoms with Gasteiger partial charge in [-0.2, -0.15) is 0 Å². The SMILES string of the molecule is CCO[Si](CCCn1cc[n+](-c2c(C)cc(C)cc2C)c1)(OCC)OCC.F[B-](F)(F)F. The van der Waals surface area contributed by atoms with Gasteiger partial charge in [-0.05, 0) is 59.1 Å². The Hall–Kier alpha value is -1.69. The third kappa shape index (κ3) is 9.85. The third-order valence-electron chi connectivity index (χ3n) is 4.58. The molecule has 1 aromatic carbocycles. The highest BCUT2D eigenvalue weighted by molar-refractivity contribution is 6.60. The Labute approximate surface area is 189 Å². The summed E-state index contributed by atoms with van der Waals surface area (Å²) in [5.41, 5.74) is 5.16. The monoisotopic (exact) mass is 478 g/mol. The molecule has 0 aliphatic heterocycles. The van der Waals surface area contributed by atoms with Gasteiger partial charge in [0.05, 0.1) is 6.54 Å². The molecule has 1 heterocycles. The van der Waals surface area contributed by atoms with Crippen LogP contribution < -0.4 is 4.57 Å². The lowest BCUT2D eigenvalue weighted by molar-refractivity contribution is -0.596. The largest absolute Gasteiger partial charge is 0.673 e.